The van der Waals surface area contributed by atoms with E-state index in [1.807, 2.05) is 0 Å². The Morgan fingerprint density at radius 3 is 2.79 bits per heavy atom. The minimum absolute atomic E-state index is 0.0756. The van der Waals surface area contributed by atoms with E-state index in [0.29, 0.717) is 18.4 Å². The van der Waals surface area contributed by atoms with Gasteiger partial charge in [0.15, 0.2) is 5.82 Å². The number of carbonyl (C=O) groups is 1. The molecule has 1 aromatic heterocycles. The molecule has 24 heavy (non-hydrogen) atoms. The maximum absolute atomic E-state index is 12.1. The molecule has 0 aliphatic carbocycles. The normalized spacial score (nSPS) is 19.9. The number of aromatic nitrogens is 2. The van der Waals surface area contributed by atoms with Crippen LogP contribution in [-0.2, 0) is 9.57 Å². The Bertz CT molecular complexity index is 762. The molecular weight excluding hydrogens is 314 g/mol. The average Bonchev–Trinajstić information content (AvgIpc) is 3.09. The lowest BCUT2D eigenvalue weighted by Crippen LogP contribution is -2.28. The Hall–Kier alpha value is -2.71. The van der Waals surface area contributed by atoms with E-state index in [1.165, 1.54) is 16.8 Å². The van der Waals surface area contributed by atoms with E-state index in [4.69, 9.17) is 14.7 Å². The van der Waals surface area contributed by atoms with Crippen molar-refractivity contribution in [3.05, 3.63) is 58.6 Å². The van der Waals surface area contributed by atoms with Crippen molar-refractivity contribution in [1.82, 2.24) is 9.55 Å². The van der Waals surface area contributed by atoms with E-state index in [1.54, 1.807) is 30.3 Å². The average molecular weight is 331 g/mol. The lowest BCUT2D eigenvalue weighted by Gasteiger charge is -2.15. The van der Waals surface area contributed by atoms with Crippen molar-refractivity contribution in [2.75, 3.05) is 12.1 Å². The fourth-order valence-corrected chi connectivity index (χ4v) is 2.45. The number of rotatable bonds is 5. The van der Waals surface area contributed by atoms with Crippen molar-refractivity contribution in [3.63, 3.8) is 0 Å². The summed E-state index contributed by atoms with van der Waals surface area (Å²) in [4.78, 5) is 32.6. The maximum atomic E-state index is 12.1. The Labute approximate surface area is 137 Å². The molecule has 0 amide bonds. The summed E-state index contributed by atoms with van der Waals surface area (Å²) in [6, 6.07) is 9.97. The minimum Gasteiger partial charge on any atom is -0.394 e. The molecular formula is C16H17N3O5. The van der Waals surface area contributed by atoms with Gasteiger partial charge in [-0.1, -0.05) is 18.2 Å². The molecule has 2 N–H and O–H groups in total. The highest BCUT2D eigenvalue weighted by molar-refractivity contribution is 5.89. The van der Waals surface area contributed by atoms with Crippen molar-refractivity contribution >= 4 is 11.8 Å². The van der Waals surface area contributed by atoms with Crippen LogP contribution in [-0.4, -0.2) is 33.3 Å². The van der Waals surface area contributed by atoms with Gasteiger partial charge in [0, 0.05) is 12.3 Å². The van der Waals surface area contributed by atoms with E-state index in [2.05, 4.69) is 10.5 Å². The second-order valence-corrected chi connectivity index (χ2v) is 5.33. The van der Waals surface area contributed by atoms with Gasteiger partial charge in [-0.25, -0.2) is 9.59 Å². The van der Waals surface area contributed by atoms with Crippen LogP contribution in [0.15, 0.2) is 47.4 Å². The van der Waals surface area contributed by atoms with Gasteiger partial charge < -0.3 is 14.7 Å². The van der Waals surface area contributed by atoms with E-state index in [-0.39, 0.29) is 18.5 Å². The molecule has 8 heteroatoms. The van der Waals surface area contributed by atoms with Gasteiger partial charge in [0.25, 0.3) is 0 Å². The summed E-state index contributed by atoms with van der Waals surface area (Å²) in [7, 11) is 0. The number of benzene rings is 1. The molecule has 0 saturated carbocycles. The van der Waals surface area contributed by atoms with Gasteiger partial charge in [-0.15, -0.1) is 0 Å². The monoisotopic (exact) mass is 331 g/mol. The van der Waals surface area contributed by atoms with Crippen LogP contribution in [0.1, 0.15) is 29.4 Å². The predicted octanol–water partition coefficient (Wildman–Crippen LogP) is 1.10. The largest absolute Gasteiger partial charge is 0.394 e. The number of aliphatic hydroxyl groups is 1. The summed E-state index contributed by atoms with van der Waals surface area (Å²) in [5, 5.41) is 9.07. The number of anilines is 1. The molecule has 3 rings (SSSR count). The van der Waals surface area contributed by atoms with E-state index >= 15 is 0 Å². The van der Waals surface area contributed by atoms with E-state index < -0.39 is 17.9 Å². The summed E-state index contributed by atoms with van der Waals surface area (Å²) in [6.45, 7) is -0.0756. The van der Waals surface area contributed by atoms with Crippen LogP contribution in [0.5, 0.6) is 0 Å². The number of carbonyl (C=O) groups excluding carboxylic acids is 1. The van der Waals surface area contributed by atoms with Gasteiger partial charge in [-0.3, -0.25) is 4.57 Å². The number of nitrogens with one attached hydrogen (secondary N) is 1. The summed E-state index contributed by atoms with van der Waals surface area (Å²) >= 11 is 0. The van der Waals surface area contributed by atoms with Crippen LogP contribution in [0.4, 0.5) is 5.82 Å². The standard InChI is InChI=1S/C16H17N3O5/c20-10-12-6-7-14(23-12)19-9-8-13(17-16(19)22)18-24-15(21)11-4-2-1-3-5-11/h1-5,8-9,12,14,20H,6-7,10H2,(H,17,18,22)/t12-,14+/m0/s1. The molecule has 8 nitrogen and oxygen atoms in total. The minimum atomic E-state index is -0.577. The van der Waals surface area contributed by atoms with E-state index in [9.17, 15) is 9.59 Å². The number of nitrogens with zero attached hydrogens (tertiary/aromatic N) is 2. The second-order valence-electron chi connectivity index (χ2n) is 5.33. The van der Waals surface area contributed by atoms with Crippen molar-refractivity contribution in [2.45, 2.75) is 25.2 Å². The molecule has 0 radical (unpaired) electrons. The number of aliphatic hydroxyl groups excluding tert-OH is 1. The van der Waals surface area contributed by atoms with Crippen LogP contribution in [0.25, 0.3) is 0 Å². The molecule has 2 aromatic rings. The van der Waals surface area contributed by atoms with Crippen LogP contribution in [0, 0.1) is 0 Å². The zero-order valence-electron chi connectivity index (χ0n) is 12.8. The summed E-state index contributed by atoms with van der Waals surface area (Å²) in [6.07, 6.45) is 2.12. The number of hydrogen-bond donors (Lipinski definition) is 2. The fourth-order valence-electron chi connectivity index (χ4n) is 2.45. The van der Waals surface area contributed by atoms with Gasteiger partial charge >= 0.3 is 11.7 Å². The van der Waals surface area contributed by atoms with Gasteiger partial charge in [0.2, 0.25) is 0 Å². The highest BCUT2D eigenvalue weighted by Crippen LogP contribution is 2.26. The molecule has 126 valence electrons. The molecule has 0 unspecified atom stereocenters. The van der Waals surface area contributed by atoms with E-state index in [0.717, 1.165) is 0 Å². The first kappa shape index (κ1) is 16.2. The maximum Gasteiger partial charge on any atom is 0.362 e. The smallest absolute Gasteiger partial charge is 0.362 e. The molecule has 0 spiro atoms. The highest BCUT2D eigenvalue weighted by Gasteiger charge is 2.26. The Morgan fingerprint density at radius 1 is 1.33 bits per heavy atom. The topological polar surface area (TPSA) is 103 Å². The summed E-state index contributed by atoms with van der Waals surface area (Å²) in [5.74, 6) is -0.455. The number of ether oxygens (including phenoxy) is 1. The molecule has 1 aliphatic rings. The lowest BCUT2D eigenvalue weighted by molar-refractivity contribution is -0.0245. The Kier molecular flexibility index (Phi) is 4.88. The van der Waals surface area contributed by atoms with Crippen LogP contribution in [0.3, 0.4) is 0 Å². The summed E-state index contributed by atoms with van der Waals surface area (Å²) in [5.41, 5.74) is 2.22. The Balaban J connectivity index is 1.63. The van der Waals surface area contributed by atoms with Gasteiger partial charge in [0.1, 0.15) is 6.23 Å². The molecule has 1 aliphatic heterocycles. The molecule has 2 heterocycles. The van der Waals surface area contributed by atoms with Gasteiger partial charge in [0.05, 0.1) is 18.3 Å². The first-order chi connectivity index (χ1) is 11.7. The summed E-state index contributed by atoms with van der Waals surface area (Å²) < 4.78 is 6.89. The van der Waals surface area contributed by atoms with Gasteiger partial charge in [-0.2, -0.15) is 10.5 Å². The zero-order chi connectivity index (χ0) is 16.9. The molecule has 1 aromatic carbocycles. The molecule has 2 atom stereocenters. The lowest BCUT2D eigenvalue weighted by atomic mass is 10.2. The van der Waals surface area contributed by atoms with Gasteiger partial charge in [-0.05, 0) is 25.0 Å². The highest BCUT2D eigenvalue weighted by atomic mass is 16.7. The first-order valence-electron chi connectivity index (χ1n) is 7.55. The van der Waals surface area contributed by atoms with Crippen molar-refractivity contribution in [1.29, 1.82) is 0 Å². The third-order valence-corrected chi connectivity index (χ3v) is 3.69. The van der Waals surface area contributed by atoms with Crippen molar-refractivity contribution in [3.8, 4) is 0 Å². The van der Waals surface area contributed by atoms with Crippen LogP contribution in [0.2, 0.25) is 0 Å². The third-order valence-electron chi connectivity index (χ3n) is 3.69. The SMILES string of the molecule is O=C(ONc1ccn([C@H]2CC[C@@H](CO)O2)c(=O)n1)c1ccccc1. The molecule has 0 bridgehead atoms. The molecule has 1 saturated heterocycles. The van der Waals surface area contributed by atoms with Crippen LogP contribution < -0.4 is 11.2 Å². The third kappa shape index (κ3) is 3.61. The quantitative estimate of drug-likeness (QED) is 0.791. The first-order valence-corrected chi connectivity index (χ1v) is 7.55. The zero-order valence-corrected chi connectivity index (χ0v) is 12.8. The van der Waals surface area contributed by atoms with Crippen molar-refractivity contribution in [2.24, 2.45) is 0 Å². The fraction of sp³-hybridized carbons (Fsp3) is 0.312. The molecule has 1 fully saturated rings. The predicted molar refractivity (Wildman–Crippen MR) is 84.2 cm³/mol. The second kappa shape index (κ2) is 7.24. The van der Waals surface area contributed by atoms with Crippen LogP contribution >= 0.6 is 0 Å². The number of hydrogen-bond acceptors (Lipinski definition) is 7. The Morgan fingerprint density at radius 2 is 2.12 bits per heavy atom. The van der Waals surface area contributed by atoms with Crippen molar-refractivity contribution < 1.29 is 19.5 Å².